The van der Waals surface area contributed by atoms with Gasteiger partial charge in [0.2, 0.25) is 0 Å². The predicted molar refractivity (Wildman–Crippen MR) is 97.2 cm³/mol. The lowest BCUT2D eigenvalue weighted by molar-refractivity contribution is -0.222. The van der Waals surface area contributed by atoms with Gasteiger partial charge in [-0.25, -0.2) is 9.59 Å². The summed E-state index contributed by atoms with van der Waals surface area (Å²) in [5.74, 6) is -1.80. The van der Waals surface area contributed by atoms with Crippen LogP contribution in [0.1, 0.15) is 19.4 Å². The number of rotatable bonds is 3. The van der Waals surface area contributed by atoms with E-state index >= 15 is 0 Å². The number of cyclic esters (lactones) is 2. The molecule has 0 atom stereocenters. The number of hydrogen-bond donors (Lipinski definition) is 0. The van der Waals surface area contributed by atoms with Gasteiger partial charge in [0.1, 0.15) is 17.1 Å². The van der Waals surface area contributed by atoms with Crippen molar-refractivity contribution in [2.45, 2.75) is 19.6 Å². The molecule has 0 bridgehead atoms. The van der Waals surface area contributed by atoms with Gasteiger partial charge < -0.3 is 14.2 Å². The Hall–Kier alpha value is -2.50. The Balaban J connectivity index is 1.85. The maximum Gasteiger partial charge on any atom is 0.348 e. The summed E-state index contributed by atoms with van der Waals surface area (Å²) in [6, 6.07) is 11.6. The monoisotopic (exact) mass is 392 g/mol. The largest absolute Gasteiger partial charge is 0.457 e. The van der Waals surface area contributed by atoms with E-state index in [1.807, 2.05) is 0 Å². The number of esters is 2. The van der Waals surface area contributed by atoms with E-state index in [1.165, 1.54) is 19.9 Å². The van der Waals surface area contributed by atoms with Crippen molar-refractivity contribution in [3.63, 3.8) is 0 Å². The summed E-state index contributed by atoms with van der Waals surface area (Å²) in [4.78, 5) is 24.0. The summed E-state index contributed by atoms with van der Waals surface area (Å²) in [6.45, 7) is 2.98. The number of carbonyl (C=O) groups is 2. The van der Waals surface area contributed by atoms with Gasteiger partial charge >= 0.3 is 11.9 Å². The number of benzene rings is 2. The van der Waals surface area contributed by atoms with Crippen molar-refractivity contribution in [1.29, 1.82) is 0 Å². The molecule has 0 aromatic heterocycles. The lowest BCUT2D eigenvalue weighted by Gasteiger charge is -2.29. The van der Waals surface area contributed by atoms with Crippen LogP contribution in [0, 0.1) is 0 Å². The van der Waals surface area contributed by atoms with E-state index in [9.17, 15) is 9.59 Å². The summed E-state index contributed by atoms with van der Waals surface area (Å²) in [5.41, 5.74) is 0.381. The quantitative estimate of drug-likeness (QED) is 0.417. The fourth-order valence-electron chi connectivity index (χ4n) is 2.34. The van der Waals surface area contributed by atoms with Gasteiger partial charge in [-0.05, 0) is 42.0 Å². The molecule has 7 heteroatoms. The molecule has 3 rings (SSSR count). The average Bonchev–Trinajstić information content (AvgIpc) is 2.49. The van der Waals surface area contributed by atoms with Gasteiger partial charge in [0.25, 0.3) is 5.79 Å². The molecular formula is C19H14Cl2O5. The van der Waals surface area contributed by atoms with Crippen LogP contribution in [0.25, 0.3) is 6.08 Å². The molecule has 26 heavy (non-hydrogen) atoms. The minimum atomic E-state index is -1.28. The summed E-state index contributed by atoms with van der Waals surface area (Å²) >= 11 is 11.9. The van der Waals surface area contributed by atoms with E-state index in [2.05, 4.69) is 0 Å². The molecule has 1 saturated heterocycles. The van der Waals surface area contributed by atoms with Gasteiger partial charge in [-0.15, -0.1) is 0 Å². The number of ether oxygens (including phenoxy) is 3. The zero-order valence-corrected chi connectivity index (χ0v) is 15.4. The number of carbonyl (C=O) groups excluding carboxylic acids is 2. The highest BCUT2D eigenvalue weighted by molar-refractivity contribution is 6.34. The molecule has 0 radical (unpaired) electrons. The Labute approximate surface area is 160 Å². The topological polar surface area (TPSA) is 61.8 Å². The molecule has 0 spiro atoms. The van der Waals surface area contributed by atoms with Crippen molar-refractivity contribution in [3.05, 3.63) is 63.6 Å². The molecule has 0 unspecified atom stereocenters. The Morgan fingerprint density at radius 2 is 1.54 bits per heavy atom. The van der Waals surface area contributed by atoms with Gasteiger partial charge in [0.15, 0.2) is 0 Å². The van der Waals surface area contributed by atoms with Crippen LogP contribution >= 0.6 is 23.2 Å². The summed E-state index contributed by atoms with van der Waals surface area (Å²) in [5, 5.41) is 0.891. The van der Waals surface area contributed by atoms with Crippen molar-refractivity contribution in [3.8, 4) is 11.5 Å². The first-order chi connectivity index (χ1) is 12.2. The highest BCUT2D eigenvalue weighted by Crippen LogP contribution is 2.30. The third-order valence-electron chi connectivity index (χ3n) is 3.36. The van der Waals surface area contributed by atoms with Crippen LogP contribution in [0.2, 0.25) is 10.0 Å². The van der Waals surface area contributed by atoms with Gasteiger partial charge in [-0.1, -0.05) is 35.3 Å². The lowest BCUT2D eigenvalue weighted by Crippen LogP contribution is -2.41. The molecule has 0 amide bonds. The van der Waals surface area contributed by atoms with Crippen LogP contribution < -0.4 is 4.74 Å². The zero-order chi connectivity index (χ0) is 18.9. The van der Waals surface area contributed by atoms with Gasteiger partial charge in [0, 0.05) is 23.9 Å². The van der Waals surface area contributed by atoms with Crippen LogP contribution in [0.3, 0.4) is 0 Å². The van der Waals surface area contributed by atoms with Crippen molar-refractivity contribution in [2.24, 2.45) is 0 Å². The minimum absolute atomic E-state index is 0.188. The SMILES string of the molecule is CC1(C)OC(=O)C(=Cc2cccc(Oc3cc(Cl)cc(Cl)c3)c2)C(=O)O1. The van der Waals surface area contributed by atoms with Gasteiger partial charge in [-0.2, -0.15) is 0 Å². The molecular weight excluding hydrogens is 379 g/mol. The normalized spacial score (nSPS) is 15.9. The molecule has 1 aliphatic rings. The Morgan fingerprint density at radius 1 is 0.923 bits per heavy atom. The first kappa shape index (κ1) is 18.3. The molecule has 1 heterocycles. The van der Waals surface area contributed by atoms with E-state index in [0.717, 1.165) is 0 Å². The maximum atomic E-state index is 12.0. The van der Waals surface area contributed by atoms with E-state index in [-0.39, 0.29) is 5.57 Å². The van der Waals surface area contributed by atoms with Crippen LogP contribution in [-0.4, -0.2) is 17.7 Å². The molecule has 2 aromatic carbocycles. The molecule has 1 aliphatic heterocycles. The minimum Gasteiger partial charge on any atom is -0.457 e. The third-order valence-corrected chi connectivity index (χ3v) is 3.79. The molecule has 0 aliphatic carbocycles. The van der Waals surface area contributed by atoms with Gasteiger partial charge in [0.05, 0.1) is 0 Å². The first-order valence-electron chi connectivity index (χ1n) is 7.64. The first-order valence-corrected chi connectivity index (χ1v) is 8.40. The van der Waals surface area contributed by atoms with Crippen LogP contribution in [0.5, 0.6) is 11.5 Å². The van der Waals surface area contributed by atoms with Crippen LogP contribution in [0.4, 0.5) is 0 Å². The fourth-order valence-corrected chi connectivity index (χ4v) is 2.84. The van der Waals surface area contributed by atoms with E-state index in [1.54, 1.807) is 42.5 Å². The number of halogens is 2. The Morgan fingerprint density at radius 3 is 2.15 bits per heavy atom. The summed E-state index contributed by atoms with van der Waals surface area (Å²) in [7, 11) is 0. The third kappa shape index (κ3) is 4.36. The zero-order valence-electron chi connectivity index (χ0n) is 13.9. The maximum absolute atomic E-state index is 12.0. The summed E-state index contributed by atoms with van der Waals surface area (Å²) < 4.78 is 15.9. The second kappa shape index (κ2) is 7.02. The van der Waals surface area contributed by atoms with E-state index < -0.39 is 17.7 Å². The molecule has 0 N–H and O–H groups in total. The van der Waals surface area contributed by atoms with E-state index in [0.29, 0.717) is 27.1 Å². The van der Waals surface area contributed by atoms with Crippen molar-refractivity contribution >= 4 is 41.2 Å². The second-order valence-corrected chi connectivity index (χ2v) is 6.89. The molecule has 134 valence electrons. The number of hydrogen-bond acceptors (Lipinski definition) is 5. The highest BCUT2D eigenvalue weighted by atomic mass is 35.5. The second-order valence-electron chi connectivity index (χ2n) is 6.02. The van der Waals surface area contributed by atoms with Crippen molar-refractivity contribution < 1.29 is 23.8 Å². The summed E-state index contributed by atoms with van der Waals surface area (Å²) in [6.07, 6.45) is 1.39. The predicted octanol–water partition coefficient (Wildman–Crippen LogP) is 5.01. The van der Waals surface area contributed by atoms with Gasteiger partial charge in [-0.3, -0.25) is 0 Å². The Kier molecular flexibility index (Phi) is 4.94. The molecule has 2 aromatic rings. The van der Waals surface area contributed by atoms with Crippen LogP contribution in [0.15, 0.2) is 48.0 Å². The van der Waals surface area contributed by atoms with Crippen molar-refractivity contribution in [2.75, 3.05) is 0 Å². The van der Waals surface area contributed by atoms with Crippen LogP contribution in [-0.2, 0) is 19.1 Å². The molecule has 1 fully saturated rings. The Bertz CT molecular complexity index is 876. The van der Waals surface area contributed by atoms with E-state index in [4.69, 9.17) is 37.4 Å². The standard InChI is InChI=1S/C19H14Cl2O5/c1-19(2)25-17(22)16(18(23)26-19)7-11-4-3-5-14(6-11)24-15-9-12(20)8-13(21)10-15/h3-10H,1-2H3. The molecule has 5 nitrogen and oxygen atoms in total. The lowest BCUT2D eigenvalue weighted by atomic mass is 10.1. The fraction of sp³-hybridized carbons (Fsp3) is 0.158. The highest BCUT2D eigenvalue weighted by Gasteiger charge is 2.38. The molecule has 0 saturated carbocycles. The van der Waals surface area contributed by atoms with Crippen molar-refractivity contribution in [1.82, 2.24) is 0 Å². The smallest absolute Gasteiger partial charge is 0.348 e. The average molecular weight is 393 g/mol.